The van der Waals surface area contributed by atoms with Gasteiger partial charge in [0.2, 0.25) is 12.4 Å². The largest absolute Gasteiger partial charge is 0.387 e. The molecule has 0 aliphatic rings. The van der Waals surface area contributed by atoms with E-state index in [2.05, 4.69) is 30.6 Å². The maximum atomic E-state index is 10.6. The van der Waals surface area contributed by atoms with Gasteiger partial charge in [0.25, 0.3) is 0 Å². The van der Waals surface area contributed by atoms with Crippen LogP contribution in [-0.2, 0) is 4.79 Å². The van der Waals surface area contributed by atoms with Crippen LogP contribution >= 0.6 is 0 Å². The van der Waals surface area contributed by atoms with Crippen molar-refractivity contribution in [2.75, 3.05) is 10.6 Å². The van der Waals surface area contributed by atoms with Gasteiger partial charge < -0.3 is 15.7 Å². The molecule has 9 heteroatoms. The van der Waals surface area contributed by atoms with Crippen LogP contribution in [0, 0.1) is 6.92 Å². The number of rotatable bonds is 7. The van der Waals surface area contributed by atoms with Crippen LogP contribution in [-0.4, -0.2) is 36.0 Å². The molecule has 1 amide bonds. The number of aliphatic hydroxyl groups excluding tert-OH is 1. The van der Waals surface area contributed by atoms with Crippen LogP contribution in [0.1, 0.15) is 30.7 Å². The minimum atomic E-state index is -0.575. The van der Waals surface area contributed by atoms with Crippen LogP contribution in [0.2, 0.25) is 0 Å². The number of imidazole rings is 1. The minimum Gasteiger partial charge on any atom is -0.387 e. The number of aliphatic hydroxyl groups is 1. The molecule has 0 saturated carbocycles. The Kier molecular flexibility index (Phi) is 5.18. The summed E-state index contributed by atoms with van der Waals surface area (Å²) in [6, 6.07) is 3.48. The first-order valence-corrected chi connectivity index (χ1v) is 8.10. The maximum absolute atomic E-state index is 10.6. The highest BCUT2D eigenvalue weighted by atomic mass is 16.3. The van der Waals surface area contributed by atoms with Gasteiger partial charge >= 0.3 is 0 Å². The van der Waals surface area contributed by atoms with E-state index >= 15 is 0 Å². The number of hydrogen-bond acceptors (Lipinski definition) is 7. The molecule has 0 aliphatic heterocycles. The molecule has 9 nitrogen and oxygen atoms in total. The van der Waals surface area contributed by atoms with Crippen LogP contribution in [0.5, 0.6) is 0 Å². The molecule has 0 fully saturated rings. The molecule has 1 atom stereocenters. The molecule has 3 N–H and O–H groups in total. The molecular weight excluding hydrogens is 334 g/mol. The lowest BCUT2D eigenvalue weighted by atomic mass is 10.1. The first kappa shape index (κ1) is 17.5. The fourth-order valence-corrected chi connectivity index (χ4v) is 2.42. The monoisotopic (exact) mass is 353 g/mol. The Labute approximate surface area is 150 Å². The number of hydrogen-bond donors (Lipinski definition) is 3. The SMILES string of the molecule is CC[C@H](O)c1cc(C)c(Nc2nccn2-c2cc(NC=O)ncn2)cn1. The molecule has 3 heterocycles. The Morgan fingerprint density at radius 3 is 2.85 bits per heavy atom. The Bertz CT molecular complexity index is 910. The lowest BCUT2D eigenvalue weighted by Gasteiger charge is -2.13. The van der Waals surface area contributed by atoms with Crippen LogP contribution in [0.15, 0.2) is 37.1 Å². The molecule has 3 rings (SSSR count). The number of carbonyl (C=O) groups excluding carboxylic acids is 1. The summed E-state index contributed by atoms with van der Waals surface area (Å²) in [5.74, 6) is 1.47. The maximum Gasteiger partial charge on any atom is 0.213 e. The molecule has 0 spiro atoms. The summed E-state index contributed by atoms with van der Waals surface area (Å²) >= 11 is 0. The Morgan fingerprint density at radius 1 is 1.27 bits per heavy atom. The lowest BCUT2D eigenvalue weighted by molar-refractivity contribution is -0.105. The quantitative estimate of drug-likeness (QED) is 0.557. The van der Waals surface area contributed by atoms with E-state index in [1.807, 2.05) is 19.9 Å². The fourth-order valence-electron chi connectivity index (χ4n) is 2.42. The number of aryl methyl sites for hydroxylation is 1. The second kappa shape index (κ2) is 7.70. The summed E-state index contributed by atoms with van der Waals surface area (Å²) < 4.78 is 1.73. The van der Waals surface area contributed by atoms with Gasteiger partial charge in [-0.05, 0) is 25.0 Å². The van der Waals surface area contributed by atoms with Gasteiger partial charge in [-0.25, -0.2) is 15.0 Å². The van der Waals surface area contributed by atoms with E-state index in [1.54, 1.807) is 29.2 Å². The van der Waals surface area contributed by atoms with Crippen molar-refractivity contribution in [2.24, 2.45) is 0 Å². The highest BCUT2D eigenvalue weighted by molar-refractivity contribution is 5.69. The highest BCUT2D eigenvalue weighted by Gasteiger charge is 2.12. The summed E-state index contributed by atoms with van der Waals surface area (Å²) in [6.45, 7) is 3.83. The predicted molar refractivity (Wildman–Crippen MR) is 96.3 cm³/mol. The van der Waals surface area contributed by atoms with Crippen molar-refractivity contribution in [1.29, 1.82) is 0 Å². The minimum absolute atomic E-state index is 0.389. The van der Waals surface area contributed by atoms with E-state index in [0.29, 0.717) is 36.1 Å². The molecule has 0 bridgehead atoms. The van der Waals surface area contributed by atoms with Crippen LogP contribution < -0.4 is 10.6 Å². The molecule has 0 saturated heterocycles. The number of nitrogens with one attached hydrogen (secondary N) is 2. The van der Waals surface area contributed by atoms with Gasteiger partial charge in [0, 0.05) is 18.5 Å². The third kappa shape index (κ3) is 3.67. The summed E-state index contributed by atoms with van der Waals surface area (Å²) in [4.78, 5) is 27.4. The molecule has 0 aliphatic carbocycles. The number of nitrogens with zero attached hydrogens (tertiary/aromatic N) is 5. The van der Waals surface area contributed by atoms with Gasteiger partial charge in [-0.2, -0.15) is 0 Å². The van der Waals surface area contributed by atoms with E-state index in [1.165, 1.54) is 6.33 Å². The Morgan fingerprint density at radius 2 is 2.12 bits per heavy atom. The van der Waals surface area contributed by atoms with Gasteiger partial charge in [0.05, 0.1) is 23.7 Å². The second-order valence-corrected chi connectivity index (χ2v) is 5.62. The molecule has 26 heavy (non-hydrogen) atoms. The fraction of sp³-hybridized carbons (Fsp3) is 0.235. The molecule has 3 aromatic heterocycles. The summed E-state index contributed by atoms with van der Waals surface area (Å²) in [5, 5.41) is 15.6. The average Bonchev–Trinajstić information content (AvgIpc) is 3.11. The van der Waals surface area contributed by atoms with E-state index < -0.39 is 6.10 Å². The van der Waals surface area contributed by atoms with Crippen molar-refractivity contribution >= 4 is 23.9 Å². The second-order valence-electron chi connectivity index (χ2n) is 5.62. The topological polar surface area (TPSA) is 118 Å². The van der Waals surface area contributed by atoms with Gasteiger partial charge in [-0.15, -0.1) is 0 Å². The number of anilines is 3. The van der Waals surface area contributed by atoms with Crippen molar-refractivity contribution in [1.82, 2.24) is 24.5 Å². The van der Waals surface area contributed by atoms with Crippen LogP contribution in [0.3, 0.4) is 0 Å². The molecule has 0 aromatic carbocycles. The number of carbonyl (C=O) groups is 1. The smallest absolute Gasteiger partial charge is 0.213 e. The van der Waals surface area contributed by atoms with Crippen molar-refractivity contribution in [3.63, 3.8) is 0 Å². The highest BCUT2D eigenvalue weighted by Crippen LogP contribution is 2.24. The number of aromatic nitrogens is 5. The zero-order chi connectivity index (χ0) is 18.5. The van der Waals surface area contributed by atoms with E-state index in [9.17, 15) is 9.90 Å². The summed E-state index contributed by atoms with van der Waals surface area (Å²) in [7, 11) is 0. The van der Waals surface area contributed by atoms with Crippen LogP contribution in [0.4, 0.5) is 17.5 Å². The summed E-state index contributed by atoms with van der Waals surface area (Å²) in [5.41, 5.74) is 2.34. The standard InChI is InChI=1S/C17H19N7O2/c1-3-14(26)12-6-11(2)13(8-19-12)23-17-18-4-5-24(17)16-7-15(22-10-25)20-9-21-16/h4-10,14,26H,3H2,1-2H3,(H,18,23)(H,20,21,22,25)/t14-/m0/s1. The van der Waals surface area contributed by atoms with Crippen molar-refractivity contribution < 1.29 is 9.90 Å². The van der Waals surface area contributed by atoms with E-state index in [-0.39, 0.29) is 0 Å². The molecule has 3 aromatic rings. The first-order valence-electron chi connectivity index (χ1n) is 8.10. The average molecular weight is 353 g/mol. The lowest BCUT2D eigenvalue weighted by Crippen LogP contribution is -2.07. The number of pyridine rings is 1. The molecule has 0 radical (unpaired) electrons. The van der Waals surface area contributed by atoms with Crippen molar-refractivity contribution in [3.8, 4) is 5.82 Å². The van der Waals surface area contributed by atoms with E-state index in [4.69, 9.17) is 0 Å². The predicted octanol–water partition coefficient (Wildman–Crippen LogP) is 2.12. The van der Waals surface area contributed by atoms with Crippen molar-refractivity contribution in [2.45, 2.75) is 26.4 Å². The van der Waals surface area contributed by atoms with Gasteiger partial charge in [-0.1, -0.05) is 6.92 Å². The third-order valence-corrected chi connectivity index (χ3v) is 3.85. The Balaban J connectivity index is 1.88. The molecule has 0 unspecified atom stereocenters. The van der Waals surface area contributed by atoms with Crippen LogP contribution in [0.25, 0.3) is 5.82 Å². The molecule has 134 valence electrons. The first-order chi connectivity index (χ1) is 12.6. The summed E-state index contributed by atoms with van der Waals surface area (Å²) in [6.07, 6.45) is 6.99. The normalized spacial score (nSPS) is 11.8. The van der Waals surface area contributed by atoms with Gasteiger partial charge in [0.15, 0.2) is 0 Å². The van der Waals surface area contributed by atoms with Gasteiger partial charge in [0.1, 0.15) is 18.0 Å². The van der Waals surface area contributed by atoms with Crippen molar-refractivity contribution in [3.05, 3.63) is 48.3 Å². The zero-order valence-corrected chi connectivity index (χ0v) is 14.4. The Hall–Kier alpha value is -3.33. The third-order valence-electron chi connectivity index (χ3n) is 3.85. The zero-order valence-electron chi connectivity index (χ0n) is 14.4. The molecular formula is C17H19N7O2. The van der Waals surface area contributed by atoms with E-state index in [0.717, 1.165) is 11.3 Å². The van der Waals surface area contributed by atoms with Gasteiger partial charge in [-0.3, -0.25) is 14.3 Å². The number of amides is 1.